The Balaban J connectivity index is 1.82. The van der Waals surface area contributed by atoms with Crippen molar-refractivity contribution in [2.45, 2.75) is 19.9 Å². The smallest absolute Gasteiger partial charge is 0.271 e. The van der Waals surface area contributed by atoms with E-state index in [0.717, 1.165) is 10.6 Å². The number of aromatic nitrogens is 3. The van der Waals surface area contributed by atoms with Gasteiger partial charge in [-0.15, -0.1) is 11.3 Å². The molecule has 1 unspecified atom stereocenters. The minimum absolute atomic E-state index is 0.251. The Morgan fingerprint density at radius 2 is 2.08 bits per heavy atom. The first-order valence-electron chi connectivity index (χ1n) is 7.35. The molecular formula is C17H15FN4OS. The fourth-order valence-corrected chi connectivity index (χ4v) is 3.41. The number of nitrogens with zero attached hydrogens (tertiary/aromatic N) is 3. The minimum atomic E-state index is -0.311. The molecule has 1 atom stereocenters. The van der Waals surface area contributed by atoms with E-state index in [2.05, 4.69) is 20.3 Å². The highest BCUT2D eigenvalue weighted by Crippen LogP contribution is 2.33. The molecule has 1 N–H and O–H groups in total. The number of rotatable bonds is 4. The number of carbonyl (C=O) groups is 1. The third-order valence-corrected chi connectivity index (χ3v) is 4.85. The van der Waals surface area contributed by atoms with Crippen LogP contribution >= 0.6 is 11.3 Å². The lowest BCUT2D eigenvalue weighted by Crippen LogP contribution is -2.27. The maximum absolute atomic E-state index is 13.9. The summed E-state index contributed by atoms with van der Waals surface area (Å²) in [5.74, 6) is -0.620. The summed E-state index contributed by atoms with van der Waals surface area (Å²) in [7, 11) is 0. The summed E-state index contributed by atoms with van der Waals surface area (Å²) >= 11 is 1.37. The van der Waals surface area contributed by atoms with Crippen LogP contribution in [0, 0.1) is 12.7 Å². The standard InChI is InChI=1S/C17H15FN4OS/c1-10(21-16(23)14-9-19-7-8-20-14)15-11(2)22-17(24-15)12-5-3-4-6-13(12)18/h3-10H,1-2H3,(H,21,23). The minimum Gasteiger partial charge on any atom is -0.343 e. The highest BCUT2D eigenvalue weighted by Gasteiger charge is 2.19. The second-order valence-electron chi connectivity index (χ2n) is 5.23. The molecule has 0 fully saturated rings. The number of halogens is 1. The van der Waals surface area contributed by atoms with Crippen LogP contribution in [0.1, 0.15) is 34.0 Å². The Kier molecular flexibility index (Phi) is 4.61. The quantitative estimate of drug-likeness (QED) is 0.787. The first kappa shape index (κ1) is 16.2. The van der Waals surface area contributed by atoms with Crippen molar-refractivity contribution in [2.24, 2.45) is 0 Å². The van der Waals surface area contributed by atoms with Gasteiger partial charge in [0.05, 0.1) is 22.8 Å². The van der Waals surface area contributed by atoms with E-state index in [4.69, 9.17) is 0 Å². The molecule has 0 aliphatic heterocycles. The van der Waals surface area contributed by atoms with Gasteiger partial charge in [-0.05, 0) is 26.0 Å². The molecule has 0 bridgehead atoms. The van der Waals surface area contributed by atoms with Gasteiger partial charge in [0.25, 0.3) is 5.91 Å². The molecule has 3 aromatic rings. The van der Waals surface area contributed by atoms with E-state index in [-0.39, 0.29) is 23.5 Å². The predicted molar refractivity (Wildman–Crippen MR) is 90.2 cm³/mol. The molecule has 1 amide bonds. The van der Waals surface area contributed by atoms with Gasteiger partial charge in [0.15, 0.2) is 0 Å². The van der Waals surface area contributed by atoms with Gasteiger partial charge in [-0.1, -0.05) is 12.1 Å². The molecule has 5 nitrogen and oxygen atoms in total. The summed E-state index contributed by atoms with van der Waals surface area (Å²) in [5, 5.41) is 3.47. The van der Waals surface area contributed by atoms with Crippen molar-refractivity contribution in [2.75, 3.05) is 0 Å². The SMILES string of the molecule is Cc1nc(-c2ccccc2F)sc1C(C)NC(=O)c1cnccn1. The third-order valence-electron chi connectivity index (χ3n) is 3.47. The van der Waals surface area contributed by atoms with E-state index in [0.29, 0.717) is 10.6 Å². The van der Waals surface area contributed by atoms with Crippen LogP contribution in [0.4, 0.5) is 4.39 Å². The second-order valence-corrected chi connectivity index (χ2v) is 6.26. The Labute approximate surface area is 142 Å². The van der Waals surface area contributed by atoms with Gasteiger partial charge in [0.1, 0.15) is 16.5 Å². The van der Waals surface area contributed by atoms with Crippen molar-refractivity contribution in [3.05, 3.63) is 64.9 Å². The Hall–Kier alpha value is -2.67. The number of hydrogen-bond acceptors (Lipinski definition) is 5. The summed E-state index contributed by atoms with van der Waals surface area (Å²) < 4.78 is 13.9. The van der Waals surface area contributed by atoms with Crippen LogP contribution < -0.4 is 5.32 Å². The van der Waals surface area contributed by atoms with Gasteiger partial charge < -0.3 is 5.32 Å². The fraction of sp³-hybridized carbons (Fsp3) is 0.176. The molecule has 1 aromatic carbocycles. The lowest BCUT2D eigenvalue weighted by molar-refractivity contribution is 0.0935. The zero-order valence-corrected chi connectivity index (χ0v) is 14.0. The lowest BCUT2D eigenvalue weighted by Gasteiger charge is -2.12. The number of nitrogens with one attached hydrogen (secondary N) is 1. The lowest BCUT2D eigenvalue weighted by atomic mass is 10.2. The number of amides is 1. The van der Waals surface area contributed by atoms with E-state index < -0.39 is 0 Å². The third kappa shape index (κ3) is 3.30. The van der Waals surface area contributed by atoms with Gasteiger partial charge in [-0.2, -0.15) is 0 Å². The van der Waals surface area contributed by atoms with Crippen LogP contribution in [0.25, 0.3) is 10.6 Å². The van der Waals surface area contributed by atoms with E-state index in [1.54, 1.807) is 18.2 Å². The van der Waals surface area contributed by atoms with Gasteiger partial charge >= 0.3 is 0 Å². The van der Waals surface area contributed by atoms with Crippen LogP contribution in [-0.4, -0.2) is 20.9 Å². The fourth-order valence-electron chi connectivity index (χ4n) is 2.31. The maximum atomic E-state index is 13.9. The van der Waals surface area contributed by atoms with Crippen molar-refractivity contribution >= 4 is 17.2 Å². The average Bonchev–Trinajstić information content (AvgIpc) is 2.97. The molecule has 24 heavy (non-hydrogen) atoms. The van der Waals surface area contributed by atoms with E-state index in [9.17, 15) is 9.18 Å². The van der Waals surface area contributed by atoms with Gasteiger partial charge in [-0.25, -0.2) is 14.4 Å². The molecule has 122 valence electrons. The van der Waals surface area contributed by atoms with E-state index >= 15 is 0 Å². The van der Waals surface area contributed by atoms with Crippen molar-refractivity contribution in [3.8, 4) is 10.6 Å². The Morgan fingerprint density at radius 3 is 2.79 bits per heavy atom. The Morgan fingerprint density at radius 1 is 1.29 bits per heavy atom. The Bertz CT molecular complexity index is 866. The molecule has 0 radical (unpaired) electrons. The van der Waals surface area contributed by atoms with Crippen molar-refractivity contribution in [1.29, 1.82) is 0 Å². The number of thiazole rings is 1. The van der Waals surface area contributed by atoms with E-state index in [1.807, 2.05) is 13.8 Å². The monoisotopic (exact) mass is 342 g/mol. The zero-order chi connectivity index (χ0) is 17.1. The molecule has 0 saturated carbocycles. The van der Waals surface area contributed by atoms with Gasteiger partial charge in [0, 0.05) is 18.0 Å². The normalized spacial score (nSPS) is 12.0. The number of benzene rings is 1. The molecule has 0 spiro atoms. The largest absolute Gasteiger partial charge is 0.343 e. The average molecular weight is 342 g/mol. The molecule has 0 aliphatic carbocycles. The highest BCUT2D eigenvalue weighted by molar-refractivity contribution is 7.15. The highest BCUT2D eigenvalue weighted by atomic mass is 32.1. The zero-order valence-electron chi connectivity index (χ0n) is 13.2. The molecule has 2 aromatic heterocycles. The van der Waals surface area contributed by atoms with E-state index in [1.165, 1.54) is 36.0 Å². The van der Waals surface area contributed by atoms with Crippen LogP contribution in [0.2, 0.25) is 0 Å². The van der Waals surface area contributed by atoms with Crippen LogP contribution in [0.3, 0.4) is 0 Å². The summed E-state index contributed by atoms with van der Waals surface area (Å²) in [6.45, 7) is 3.71. The molecule has 0 aliphatic rings. The molecule has 0 saturated heterocycles. The molecule has 2 heterocycles. The second kappa shape index (κ2) is 6.84. The summed E-state index contributed by atoms with van der Waals surface area (Å²) in [5.41, 5.74) is 1.48. The summed E-state index contributed by atoms with van der Waals surface area (Å²) in [6.07, 6.45) is 4.38. The molecular weight excluding hydrogens is 327 g/mol. The van der Waals surface area contributed by atoms with Crippen LogP contribution in [0.15, 0.2) is 42.9 Å². The first-order valence-corrected chi connectivity index (χ1v) is 8.17. The number of hydrogen-bond donors (Lipinski definition) is 1. The van der Waals surface area contributed by atoms with Crippen LogP contribution in [0.5, 0.6) is 0 Å². The predicted octanol–water partition coefficient (Wildman–Crippen LogP) is 3.54. The summed E-state index contributed by atoms with van der Waals surface area (Å²) in [4.78, 5) is 25.4. The first-order chi connectivity index (χ1) is 11.6. The van der Waals surface area contributed by atoms with Gasteiger partial charge in [0.2, 0.25) is 0 Å². The number of aryl methyl sites for hydroxylation is 1. The van der Waals surface area contributed by atoms with Crippen LogP contribution in [-0.2, 0) is 0 Å². The number of carbonyl (C=O) groups excluding carboxylic acids is 1. The molecule has 7 heteroatoms. The van der Waals surface area contributed by atoms with Gasteiger partial charge in [-0.3, -0.25) is 9.78 Å². The maximum Gasteiger partial charge on any atom is 0.271 e. The molecule has 3 rings (SSSR count). The summed E-state index contributed by atoms with van der Waals surface area (Å²) in [6, 6.07) is 6.25. The topological polar surface area (TPSA) is 67.8 Å². The van der Waals surface area contributed by atoms with Crippen molar-refractivity contribution in [3.63, 3.8) is 0 Å². The van der Waals surface area contributed by atoms with Crippen molar-refractivity contribution < 1.29 is 9.18 Å². The van der Waals surface area contributed by atoms with Crippen molar-refractivity contribution in [1.82, 2.24) is 20.3 Å².